The SMILES string of the molecule is COCCNCC(O)CN(C)CCC(C)C. The van der Waals surface area contributed by atoms with Crippen molar-refractivity contribution in [2.24, 2.45) is 5.92 Å². The van der Waals surface area contributed by atoms with Crippen molar-refractivity contribution in [3.05, 3.63) is 0 Å². The standard InChI is InChI=1S/C12H28N2O2/c1-11(2)5-7-14(3)10-12(15)9-13-6-8-16-4/h11-13,15H,5-10H2,1-4H3. The highest BCUT2D eigenvalue weighted by Gasteiger charge is 2.07. The van der Waals surface area contributed by atoms with Crippen LogP contribution < -0.4 is 5.32 Å². The van der Waals surface area contributed by atoms with Crippen molar-refractivity contribution < 1.29 is 9.84 Å². The molecule has 0 aliphatic rings. The molecule has 0 bridgehead atoms. The minimum atomic E-state index is -0.297. The Hall–Kier alpha value is -0.160. The molecule has 0 rings (SSSR count). The average molecular weight is 232 g/mol. The van der Waals surface area contributed by atoms with Crippen LogP contribution in [0.3, 0.4) is 0 Å². The van der Waals surface area contributed by atoms with Crippen molar-refractivity contribution >= 4 is 0 Å². The summed E-state index contributed by atoms with van der Waals surface area (Å²) < 4.78 is 4.92. The van der Waals surface area contributed by atoms with Gasteiger partial charge in [0.2, 0.25) is 0 Å². The lowest BCUT2D eigenvalue weighted by Crippen LogP contribution is -2.38. The third-order valence-corrected chi connectivity index (χ3v) is 2.47. The zero-order valence-electron chi connectivity index (χ0n) is 11.2. The predicted molar refractivity (Wildman–Crippen MR) is 67.7 cm³/mol. The van der Waals surface area contributed by atoms with Crippen LogP contribution in [0, 0.1) is 5.92 Å². The van der Waals surface area contributed by atoms with Crippen LogP contribution >= 0.6 is 0 Å². The Kier molecular flexibility index (Phi) is 9.92. The average Bonchev–Trinajstić information content (AvgIpc) is 2.21. The largest absolute Gasteiger partial charge is 0.390 e. The topological polar surface area (TPSA) is 44.7 Å². The van der Waals surface area contributed by atoms with Crippen LogP contribution in [0.2, 0.25) is 0 Å². The van der Waals surface area contributed by atoms with Gasteiger partial charge >= 0.3 is 0 Å². The molecular formula is C12H28N2O2. The van der Waals surface area contributed by atoms with Crippen LogP contribution in [0.4, 0.5) is 0 Å². The molecule has 2 N–H and O–H groups in total. The lowest BCUT2D eigenvalue weighted by molar-refractivity contribution is 0.118. The van der Waals surface area contributed by atoms with Gasteiger partial charge in [-0.25, -0.2) is 0 Å². The Morgan fingerprint density at radius 2 is 2.06 bits per heavy atom. The Labute approximate surface area is 100.0 Å². The van der Waals surface area contributed by atoms with Gasteiger partial charge < -0.3 is 20.1 Å². The third-order valence-electron chi connectivity index (χ3n) is 2.47. The maximum absolute atomic E-state index is 9.74. The van der Waals surface area contributed by atoms with Gasteiger partial charge in [-0.15, -0.1) is 0 Å². The molecule has 0 aliphatic heterocycles. The number of aliphatic hydroxyl groups is 1. The Morgan fingerprint density at radius 3 is 2.62 bits per heavy atom. The molecule has 4 heteroatoms. The fraction of sp³-hybridized carbons (Fsp3) is 1.00. The number of hydrogen-bond acceptors (Lipinski definition) is 4. The molecule has 4 nitrogen and oxygen atoms in total. The fourth-order valence-electron chi connectivity index (χ4n) is 1.44. The first kappa shape index (κ1) is 15.8. The maximum atomic E-state index is 9.74. The lowest BCUT2D eigenvalue weighted by Gasteiger charge is -2.21. The molecule has 0 saturated carbocycles. The van der Waals surface area contributed by atoms with Gasteiger partial charge in [0, 0.05) is 26.7 Å². The van der Waals surface area contributed by atoms with E-state index in [1.165, 1.54) is 6.42 Å². The van der Waals surface area contributed by atoms with E-state index in [1.54, 1.807) is 7.11 Å². The Balaban J connectivity index is 3.42. The van der Waals surface area contributed by atoms with Crippen molar-refractivity contribution in [1.29, 1.82) is 0 Å². The summed E-state index contributed by atoms with van der Waals surface area (Å²) in [5.41, 5.74) is 0. The number of nitrogens with one attached hydrogen (secondary N) is 1. The van der Waals surface area contributed by atoms with Gasteiger partial charge in [-0.2, -0.15) is 0 Å². The second-order valence-corrected chi connectivity index (χ2v) is 4.80. The zero-order valence-corrected chi connectivity index (χ0v) is 11.2. The van der Waals surface area contributed by atoms with Gasteiger partial charge in [0.1, 0.15) is 0 Å². The van der Waals surface area contributed by atoms with Crippen molar-refractivity contribution in [1.82, 2.24) is 10.2 Å². The molecule has 0 heterocycles. The predicted octanol–water partition coefficient (Wildman–Crippen LogP) is 0.561. The van der Waals surface area contributed by atoms with E-state index in [0.717, 1.165) is 25.6 Å². The molecule has 0 aromatic rings. The third kappa shape index (κ3) is 10.4. The smallest absolute Gasteiger partial charge is 0.0791 e. The van der Waals surface area contributed by atoms with Crippen LogP contribution in [-0.4, -0.2) is 63.1 Å². The number of rotatable bonds is 10. The number of nitrogens with zero attached hydrogens (tertiary/aromatic N) is 1. The van der Waals surface area contributed by atoms with Gasteiger partial charge in [-0.1, -0.05) is 13.8 Å². The van der Waals surface area contributed by atoms with Crippen molar-refractivity contribution in [3.63, 3.8) is 0 Å². The zero-order chi connectivity index (χ0) is 12.4. The first-order valence-corrected chi connectivity index (χ1v) is 6.12. The molecular weight excluding hydrogens is 204 g/mol. The van der Waals surface area contributed by atoms with Gasteiger partial charge in [-0.05, 0) is 25.9 Å². The summed E-state index contributed by atoms with van der Waals surface area (Å²) >= 11 is 0. The van der Waals surface area contributed by atoms with Gasteiger partial charge in [0.25, 0.3) is 0 Å². The summed E-state index contributed by atoms with van der Waals surface area (Å²) in [7, 11) is 3.73. The molecule has 0 radical (unpaired) electrons. The number of ether oxygens (including phenoxy) is 1. The highest BCUT2D eigenvalue weighted by Crippen LogP contribution is 2.00. The minimum absolute atomic E-state index is 0.297. The van der Waals surface area contributed by atoms with Crippen molar-refractivity contribution in [2.75, 3.05) is 46.9 Å². The second kappa shape index (κ2) is 10.0. The van der Waals surface area contributed by atoms with E-state index < -0.39 is 0 Å². The van der Waals surface area contributed by atoms with Gasteiger partial charge in [-0.3, -0.25) is 0 Å². The summed E-state index contributed by atoms with van der Waals surface area (Å²) in [6.45, 7) is 8.33. The molecule has 0 fully saturated rings. The van der Waals surface area contributed by atoms with E-state index in [9.17, 15) is 5.11 Å². The molecule has 0 spiro atoms. The van der Waals surface area contributed by atoms with Gasteiger partial charge in [0.15, 0.2) is 0 Å². The Bertz CT molecular complexity index is 154. The summed E-state index contributed by atoms with van der Waals surface area (Å²) in [5.74, 6) is 0.722. The summed E-state index contributed by atoms with van der Waals surface area (Å²) in [6, 6.07) is 0. The van der Waals surface area contributed by atoms with Crippen molar-refractivity contribution in [3.8, 4) is 0 Å². The highest BCUT2D eigenvalue weighted by atomic mass is 16.5. The van der Waals surface area contributed by atoms with Crippen LogP contribution in [0.5, 0.6) is 0 Å². The van der Waals surface area contributed by atoms with E-state index in [1.807, 2.05) is 0 Å². The second-order valence-electron chi connectivity index (χ2n) is 4.80. The molecule has 98 valence electrons. The maximum Gasteiger partial charge on any atom is 0.0791 e. The summed E-state index contributed by atoms with van der Waals surface area (Å²) in [6.07, 6.45) is 0.884. The first-order chi connectivity index (χ1) is 7.56. The molecule has 0 amide bonds. The normalized spacial score (nSPS) is 13.7. The molecule has 1 unspecified atom stereocenters. The van der Waals surface area contributed by atoms with Crippen LogP contribution in [-0.2, 0) is 4.74 Å². The van der Waals surface area contributed by atoms with Crippen LogP contribution in [0.25, 0.3) is 0 Å². The number of methoxy groups -OCH3 is 1. The molecule has 0 aromatic heterocycles. The molecule has 16 heavy (non-hydrogen) atoms. The quantitative estimate of drug-likeness (QED) is 0.540. The Morgan fingerprint density at radius 1 is 1.38 bits per heavy atom. The monoisotopic (exact) mass is 232 g/mol. The van der Waals surface area contributed by atoms with Gasteiger partial charge in [0.05, 0.1) is 12.7 Å². The highest BCUT2D eigenvalue weighted by molar-refractivity contribution is 4.64. The lowest BCUT2D eigenvalue weighted by atomic mass is 10.1. The van der Waals surface area contributed by atoms with E-state index in [4.69, 9.17) is 4.74 Å². The summed E-state index contributed by atoms with van der Waals surface area (Å²) in [4.78, 5) is 2.18. The molecule has 1 atom stereocenters. The van der Waals surface area contributed by atoms with E-state index >= 15 is 0 Å². The van der Waals surface area contributed by atoms with Crippen LogP contribution in [0.1, 0.15) is 20.3 Å². The van der Waals surface area contributed by atoms with Crippen molar-refractivity contribution in [2.45, 2.75) is 26.4 Å². The van der Waals surface area contributed by atoms with E-state index in [-0.39, 0.29) is 6.10 Å². The first-order valence-electron chi connectivity index (χ1n) is 6.12. The molecule has 0 aliphatic carbocycles. The molecule has 0 saturated heterocycles. The van der Waals surface area contributed by atoms with E-state index in [0.29, 0.717) is 13.2 Å². The summed E-state index contributed by atoms with van der Waals surface area (Å²) in [5, 5.41) is 12.9. The number of hydrogen-bond donors (Lipinski definition) is 2. The molecule has 0 aromatic carbocycles. The number of likely N-dealkylation sites (N-methyl/N-ethyl adjacent to an activating group) is 1. The minimum Gasteiger partial charge on any atom is -0.390 e. The van der Waals surface area contributed by atoms with E-state index in [2.05, 4.69) is 31.1 Å². The fourth-order valence-corrected chi connectivity index (χ4v) is 1.44. The van der Waals surface area contributed by atoms with Crippen LogP contribution in [0.15, 0.2) is 0 Å². The number of aliphatic hydroxyl groups excluding tert-OH is 1.